The van der Waals surface area contributed by atoms with E-state index in [-0.39, 0.29) is 11.6 Å². The van der Waals surface area contributed by atoms with Crippen molar-refractivity contribution in [1.82, 2.24) is 19.9 Å². The van der Waals surface area contributed by atoms with Crippen molar-refractivity contribution in [2.45, 2.75) is 18.8 Å². The van der Waals surface area contributed by atoms with Crippen LogP contribution in [-0.2, 0) is 0 Å². The monoisotopic (exact) mass is 463 g/mol. The zero-order chi connectivity index (χ0) is 22.8. The molecule has 5 nitrogen and oxygen atoms in total. The predicted octanol–water partition coefficient (Wildman–Crippen LogP) is 6.10. The lowest BCUT2D eigenvalue weighted by Gasteiger charge is -2.27. The van der Waals surface area contributed by atoms with Gasteiger partial charge < -0.3 is 10.2 Å². The van der Waals surface area contributed by atoms with Crippen molar-refractivity contribution in [2.24, 2.45) is 0 Å². The molecule has 2 aromatic carbocycles. The molecule has 5 rings (SSSR count). The van der Waals surface area contributed by atoms with Crippen LogP contribution in [0.25, 0.3) is 21.8 Å². The number of nitrogens with one attached hydrogen (secondary N) is 1. The van der Waals surface area contributed by atoms with E-state index >= 15 is 0 Å². The lowest BCUT2D eigenvalue weighted by molar-refractivity contribution is 0.255. The van der Waals surface area contributed by atoms with Gasteiger partial charge in [0.2, 0.25) is 5.95 Å². The van der Waals surface area contributed by atoms with Gasteiger partial charge in [-0.05, 0) is 81.5 Å². The van der Waals surface area contributed by atoms with Gasteiger partial charge in [-0.1, -0.05) is 6.07 Å². The maximum atomic E-state index is 13.6. The lowest BCUT2D eigenvalue weighted by atomic mass is 9.98. The summed E-state index contributed by atoms with van der Waals surface area (Å²) >= 11 is 1.64. The molecule has 0 bridgehead atoms. The van der Waals surface area contributed by atoms with E-state index in [4.69, 9.17) is 4.98 Å². The minimum absolute atomic E-state index is 0.283. The Bertz CT molecular complexity index is 1250. The number of aromatic nitrogens is 3. The third kappa shape index (κ3) is 4.91. The van der Waals surface area contributed by atoms with E-state index in [2.05, 4.69) is 27.2 Å². The molecule has 0 spiro atoms. The standard InChI is InChI=1S/C25H23F2N5S/c1-32-13-10-17(11-14-32)24-31-22(16-5-7-18(26)8-6-16)23(33-24)21-9-12-28-25(30-21)29-20-4-2-3-19(27)15-20/h2-9,12,15,17H,10-11,13-14H2,1H3,(H,28,29,30). The first-order valence-corrected chi connectivity index (χ1v) is 11.7. The molecular formula is C25H23F2N5S. The third-order valence-corrected chi connectivity index (χ3v) is 7.04. The second-order valence-corrected chi connectivity index (χ2v) is 9.25. The van der Waals surface area contributed by atoms with Crippen molar-refractivity contribution in [1.29, 1.82) is 0 Å². The molecule has 168 valence electrons. The molecule has 4 aromatic rings. The number of anilines is 2. The Morgan fingerprint density at radius 1 is 0.970 bits per heavy atom. The number of hydrogen-bond donors (Lipinski definition) is 1. The van der Waals surface area contributed by atoms with E-state index in [0.717, 1.165) is 52.8 Å². The summed E-state index contributed by atoms with van der Waals surface area (Å²) in [5.74, 6) is 0.151. The first-order valence-electron chi connectivity index (χ1n) is 10.9. The van der Waals surface area contributed by atoms with Gasteiger partial charge in [0.1, 0.15) is 11.6 Å². The van der Waals surface area contributed by atoms with Crippen LogP contribution < -0.4 is 5.32 Å². The van der Waals surface area contributed by atoms with Gasteiger partial charge in [0.15, 0.2) is 0 Å². The van der Waals surface area contributed by atoms with E-state index in [9.17, 15) is 8.78 Å². The molecule has 1 aliphatic heterocycles. The van der Waals surface area contributed by atoms with Crippen LogP contribution in [0.4, 0.5) is 20.4 Å². The molecule has 33 heavy (non-hydrogen) atoms. The van der Waals surface area contributed by atoms with Crippen LogP contribution in [0.15, 0.2) is 60.8 Å². The van der Waals surface area contributed by atoms with Crippen LogP contribution in [0, 0.1) is 11.6 Å². The highest BCUT2D eigenvalue weighted by Gasteiger charge is 2.25. The average Bonchev–Trinajstić information content (AvgIpc) is 3.26. The van der Waals surface area contributed by atoms with Gasteiger partial charge in [-0.25, -0.2) is 23.7 Å². The topological polar surface area (TPSA) is 53.9 Å². The third-order valence-electron chi connectivity index (χ3n) is 5.80. The maximum Gasteiger partial charge on any atom is 0.227 e. The van der Waals surface area contributed by atoms with Crippen LogP contribution >= 0.6 is 11.3 Å². The van der Waals surface area contributed by atoms with Gasteiger partial charge in [-0.15, -0.1) is 11.3 Å². The smallest absolute Gasteiger partial charge is 0.227 e. The quantitative estimate of drug-likeness (QED) is 0.388. The van der Waals surface area contributed by atoms with Crippen molar-refractivity contribution in [3.8, 4) is 21.8 Å². The Morgan fingerprint density at radius 2 is 1.76 bits per heavy atom. The van der Waals surface area contributed by atoms with E-state index in [1.54, 1.807) is 41.8 Å². The van der Waals surface area contributed by atoms with Gasteiger partial charge >= 0.3 is 0 Å². The number of halogens is 2. The highest BCUT2D eigenvalue weighted by molar-refractivity contribution is 7.15. The highest BCUT2D eigenvalue weighted by Crippen LogP contribution is 2.41. The number of nitrogens with zero attached hydrogens (tertiary/aromatic N) is 4. The summed E-state index contributed by atoms with van der Waals surface area (Å²) < 4.78 is 27.1. The summed E-state index contributed by atoms with van der Waals surface area (Å²) in [5, 5.41) is 4.14. The Balaban J connectivity index is 1.52. The predicted molar refractivity (Wildman–Crippen MR) is 128 cm³/mol. The Labute approximate surface area is 195 Å². The fourth-order valence-corrected chi connectivity index (χ4v) is 5.21. The summed E-state index contributed by atoms with van der Waals surface area (Å²) in [6.45, 7) is 2.08. The Morgan fingerprint density at radius 3 is 2.52 bits per heavy atom. The molecule has 1 saturated heterocycles. The summed E-state index contributed by atoms with van der Waals surface area (Å²) in [6, 6.07) is 14.4. The van der Waals surface area contributed by atoms with Gasteiger partial charge in [0.05, 0.1) is 21.3 Å². The van der Waals surface area contributed by atoms with Gasteiger partial charge in [0.25, 0.3) is 0 Å². The van der Waals surface area contributed by atoms with Crippen molar-refractivity contribution in [3.05, 3.63) is 77.4 Å². The number of thiazole rings is 1. The maximum absolute atomic E-state index is 13.6. The molecule has 0 amide bonds. The SMILES string of the molecule is CN1CCC(c2nc(-c3ccc(F)cc3)c(-c3ccnc(Nc4cccc(F)c4)n3)s2)CC1. The van der Waals surface area contributed by atoms with Crippen LogP contribution in [0.3, 0.4) is 0 Å². The number of likely N-dealkylation sites (tertiary alicyclic amines) is 1. The minimum atomic E-state index is -0.333. The van der Waals surface area contributed by atoms with Crippen LogP contribution in [-0.4, -0.2) is 40.0 Å². The molecule has 0 saturated carbocycles. The number of rotatable bonds is 5. The molecule has 0 atom stereocenters. The normalized spacial score (nSPS) is 15.0. The molecule has 8 heteroatoms. The number of benzene rings is 2. The Kier molecular flexibility index (Phi) is 6.11. The lowest BCUT2D eigenvalue weighted by Crippen LogP contribution is -2.29. The fraction of sp³-hybridized carbons (Fsp3) is 0.240. The molecule has 1 fully saturated rings. The first kappa shape index (κ1) is 21.6. The van der Waals surface area contributed by atoms with Crippen molar-refractivity contribution in [2.75, 3.05) is 25.5 Å². The van der Waals surface area contributed by atoms with Crippen LogP contribution in [0.5, 0.6) is 0 Å². The largest absolute Gasteiger partial charge is 0.324 e. The zero-order valence-corrected chi connectivity index (χ0v) is 18.9. The first-order chi connectivity index (χ1) is 16.0. The molecule has 0 radical (unpaired) electrons. The van der Waals surface area contributed by atoms with Crippen molar-refractivity contribution >= 4 is 23.0 Å². The molecule has 2 aromatic heterocycles. The zero-order valence-electron chi connectivity index (χ0n) is 18.1. The second-order valence-electron chi connectivity index (χ2n) is 8.22. The number of hydrogen-bond acceptors (Lipinski definition) is 6. The molecule has 3 heterocycles. The van der Waals surface area contributed by atoms with E-state index < -0.39 is 0 Å². The van der Waals surface area contributed by atoms with E-state index in [1.807, 2.05) is 6.07 Å². The van der Waals surface area contributed by atoms with Crippen LogP contribution in [0.2, 0.25) is 0 Å². The molecule has 0 aliphatic carbocycles. The molecule has 1 N–H and O–H groups in total. The van der Waals surface area contributed by atoms with Gasteiger partial charge in [-0.2, -0.15) is 0 Å². The van der Waals surface area contributed by atoms with Crippen molar-refractivity contribution in [3.63, 3.8) is 0 Å². The minimum Gasteiger partial charge on any atom is -0.324 e. The second kappa shape index (κ2) is 9.33. The summed E-state index contributed by atoms with van der Waals surface area (Å²) in [5.41, 5.74) is 2.94. The average molecular weight is 464 g/mol. The number of piperidine rings is 1. The van der Waals surface area contributed by atoms with Gasteiger partial charge in [0, 0.05) is 23.4 Å². The van der Waals surface area contributed by atoms with Crippen LogP contribution in [0.1, 0.15) is 23.8 Å². The van der Waals surface area contributed by atoms with E-state index in [0.29, 0.717) is 17.6 Å². The highest BCUT2D eigenvalue weighted by atomic mass is 32.1. The fourth-order valence-electron chi connectivity index (χ4n) is 3.98. The molecule has 1 aliphatic rings. The Hall–Kier alpha value is -3.23. The van der Waals surface area contributed by atoms with Crippen molar-refractivity contribution < 1.29 is 8.78 Å². The summed E-state index contributed by atoms with van der Waals surface area (Å²) in [4.78, 5) is 17.2. The summed E-state index contributed by atoms with van der Waals surface area (Å²) in [6.07, 6.45) is 3.79. The van der Waals surface area contributed by atoms with Gasteiger partial charge in [-0.3, -0.25) is 0 Å². The van der Waals surface area contributed by atoms with E-state index in [1.165, 1.54) is 24.3 Å². The molecule has 0 unspecified atom stereocenters. The molecular weight excluding hydrogens is 440 g/mol. The summed E-state index contributed by atoms with van der Waals surface area (Å²) in [7, 11) is 2.14.